The lowest BCUT2D eigenvalue weighted by molar-refractivity contribution is 0.104. The van der Waals surface area contributed by atoms with Crippen LogP contribution in [0.25, 0.3) is 16.8 Å². The first kappa shape index (κ1) is 22.0. The zero-order valence-corrected chi connectivity index (χ0v) is 17.3. The zero-order valence-electron chi connectivity index (χ0n) is 16.5. The maximum absolute atomic E-state index is 11.7. The van der Waals surface area contributed by atoms with Crippen LogP contribution in [0.4, 0.5) is 0 Å². The lowest BCUT2D eigenvalue weighted by Gasteiger charge is -2.04. The molecule has 0 unspecified atom stereocenters. The van der Waals surface area contributed by atoms with E-state index in [1.807, 2.05) is 84.9 Å². The molecule has 0 aliphatic rings. The SMILES string of the molecule is O=C(/C=C\c1ccccc1)c1ccccc1.O=S(=O)(O)Oc1cccc2ccccc12. The minimum absolute atomic E-state index is 0.0319. The molecule has 4 aromatic carbocycles. The minimum atomic E-state index is -4.47. The van der Waals surface area contributed by atoms with Gasteiger partial charge in [-0.1, -0.05) is 103 Å². The van der Waals surface area contributed by atoms with Gasteiger partial charge in [0.15, 0.2) is 11.5 Å². The van der Waals surface area contributed by atoms with Crippen LogP contribution in [0.3, 0.4) is 0 Å². The molecule has 156 valence electrons. The molecule has 4 rings (SSSR count). The molecule has 0 bridgehead atoms. The summed E-state index contributed by atoms with van der Waals surface area (Å²) in [6.07, 6.45) is 3.43. The van der Waals surface area contributed by atoms with E-state index in [1.54, 1.807) is 24.3 Å². The molecule has 6 heteroatoms. The molecule has 0 fully saturated rings. The normalized spacial score (nSPS) is 11.0. The highest BCUT2D eigenvalue weighted by molar-refractivity contribution is 7.81. The molecule has 5 nitrogen and oxygen atoms in total. The number of benzene rings is 4. The van der Waals surface area contributed by atoms with Gasteiger partial charge in [-0.15, -0.1) is 0 Å². The van der Waals surface area contributed by atoms with Gasteiger partial charge in [0.1, 0.15) is 0 Å². The topological polar surface area (TPSA) is 80.7 Å². The standard InChI is InChI=1S/C15H12O.C10H8O4S/c16-15(14-9-5-2-6-10-14)12-11-13-7-3-1-4-8-13;11-15(12,13)14-10-7-3-5-8-4-1-2-6-9(8)10/h1-12H;1-7H,(H,11,12,13)/b12-11-;. The van der Waals surface area contributed by atoms with Crippen molar-refractivity contribution in [2.75, 3.05) is 0 Å². The molecule has 0 atom stereocenters. The Kier molecular flexibility index (Phi) is 7.32. The number of hydrogen-bond acceptors (Lipinski definition) is 4. The molecule has 0 aliphatic heterocycles. The van der Waals surface area contributed by atoms with Crippen molar-refractivity contribution in [3.8, 4) is 5.75 Å². The largest absolute Gasteiger partial charge is 0.446 e. The summed E-state index contributed by atoms with van der Waals surface area (Å²) in [6.45, 7) is 0. The van der Waals surface area contributed by atoms with Gasteiger partial charge in [0.25, 0.3) is 0 Å². The predicted octanol–water partition coefficient (Wildman–Crippen LogP) is 5.60. The summed E-state index contributed by atoms with van der Waals surface area (Å²) in [5, 5.41) is 1.48. The Morgan fingerprint density at radius 2 is 1.32 bits per heavy atom. The fourth-order valence-corrected chi connectivity index (χ4v) is 3.19. The van der Waals surface area contributed by atoms with Gasteiger partial charge < -0.3 is 4.18 Å². The lowest BCUT2D eigenvalue weighted by atomic mass is 10.1. The third-order valence-corrected chi connectivity index (χ3v) is 4.62. The van der Waals surface area contributed by atoms with Crippen LogP contribution in [-0.4, -0.2) is 18.8 Å². The van der Waals surface area contributed by atoms with Crippen molar-refractivity contribution >= 4 is 33.0 Å². The highest BCUT2D eigenvalue weighted by Crippen LogP contribution is 2.25. The summed E-state index contributed by atoms with van der Waals surface area (Å²) in [7, 11) is -4.47. The quantitative estimate of drug-likeness (QED) is 0.252. The van der Waals surface area contributed by atoms with Gasteiger partial charge in [0.05, 0.1) is 0 Å². The second-order valence-corrected chi connectivity index (χ2v) is 7.48. The molecule has 0 amide bonds. The Hall–Kier alpha value is -3.74. The average Bonchev–Trinajstić information content (AvgIpc) is 2.78. The van der Waals surface area contributed by atoms with Crippen LogP contribution in [0.2, 0.25) is 0 Å². The van der Waals surface area contributed by atoms with Crippen LogP contribution in [0, 0.1) is 0 Å². The van der Waals surface area contributed by atoms with E-state index in [9.17, 15) is 13.2 Å². The van der Waals surface area contributed by atoms with Crippen LogP contribution in [0.5, 0.6) is 5.75 Å². The molecule has 0 spiro atoms. The van der Waals surface area contributed by atoms with Crippen LogP contribution < -0.4 is 4.18 Å². The lowest BCUT2D eigenvalue weighted by Crippen LogP contribution is -2.06. The van der Waals surface area contributed by atoms with Crippen LogP contribution in [-0.2, 0) is 10.4 Å². The number of allylic oxidation sites excluding steroid dienone is 1. The Bertz CT molecular complexity index is 1280. The molecule has 31 heavy (non-hydrogen) atoms. The Labute approximate surface area is 181 Å². The van der Waals surface area contributed by atoms with Crippen LogP contribution in [0.1, 0.15) is 15.9 Å². The first-order valence-corrected chi connectivity index (χ1v) is 10.8. The van der Waals surface area contributed by atoms with E-state index in [1.165, 1.54) is 6.07 Å². The highest BCUT2D eigenvalue weighted by atomic mass is 32.3. The molecular formula is C25H20O5S. The second kappa shape index (κ2) is 10.3. The van der Waals surface area contributed by atoms with Gasteiger partial charge >= 0.3 is 10.4 Å². The maximum atomic E-state index is 11.7. The zero-order chi connectivity index (χ0) is 22.1. The van der Waals surface area contributed by atoms with Crippen molar-refractivity contribution in [1.82, 2.24) is 0 Å². The molecule has 0 saturated heterocycles. The maximum Gasteiger partial charge on any atom is 0.446 e. The van der Waals surface area contributed by atoms with E-state index in [0.717, 1.165) is 16.5 Å². The van der Waals surface area contributed by atoms with Crippen LogP contribution >= 0.6 is 0 Å². The van der Waals surface area contributed by atoms with Gasteiger partial charge in [0, 0.05) is 10.9 Å². The summed E-state index contributed by atoms with van der Waals surface area (Å²) >= 11 is 0. The van der Waals surface area contributed by atoms with Gasteiger partial charge in [0.2, 0.25) is 0 Å². The molecule has 0 aliphatic carbocycles. The molecule has 0 heterocycles. The first-order valence-electron chi connectivity index (χ1n) is 9.39. The van der Waals surface area contributed by atoms with Crippen molar-refractivity contribution in [3.63, 3.8) is 0 Å². The van der Waals surface area contributed by atoms with E-state index in [0.29, 0.717) is 5.39 Å². The van der Waals surface area contributed by atoms with Gasteiger partial charge in [-0.2, -0.15) is 8.42 Å². The summed E-state index contributed by atoms with van der Waals surface area (Å²) in [4.78, 5) is 11.7. The van der Waals surface area contributed by atoms with Gasteiger partial charge in [-0.05, 0) is 23.1 Å². The van der Waals surface area contributed by atoms with E-state index in [-0.39, 0.29) is 11.5 Å². The minimum Gasteiger partial charge on any atom is -0.361 e. The Balaban J connectivity index is 0.000000176. The fraction of sp³-hybridized carbons (Fsp3) is 0. The highest BCUT2D eigenvalue weighted by Gasteiger charge is 2.09. The number of hydrogen-bond donors (Lipinski definition) is 1. The number of carbonyl (C=O) groups excluding carboxylic acids is 1. The van der Waals surface area contributed by atoms with Crippen molar-refractivity contribution in [2.45, 2.75) is 0 Å². The van der Waals surface area contributed by atoms with E-state index >= 15 is 0 Å². The average molecular weight is 432 g/mol. The third kappa shape index (κ3) is 6.92. The van der Waals surface area contributed by atoms with Gasteiger partial charge in [-0.25, -0.2) is 0 Å². The summed E-state index contributed by atoms with van der Waals surface area (Å²) in [5.74, 6) is 0.153. The Morgan fingerprint density at radius 1 is 0.742 bits per heavy atom. The van der Waals surface area contributed by atoms with Crippen molar-refractivity contribution in [1.29, 1.82) is 0 Å². The number of ketones is 1. The third-order valence-electron chi connectivity index (χ3n) is 4.23. The summed E-state index contributed by atoms with van der Waals surface area (Å²) < 4.78 is 34.2. The number of carbonyl (C=O) groups is 1. The van der Waals surface area contributed by atoms with Crippen LogP contribution in [0.15, 0.2) is 109 Å². The van der Waals surface area contributed by atoms with E-state index in [2.05, 4.69) is 4.18 Å². The Morgan fingerprint density at radius 3 is 2.00 bits per heavy atom. The molecule has 4 aromatic rings. The number of fused-ring (bicyclic) bond motifs is 1. The molecular weight excluding hydrogens is 412 g/mol. The smallest absolute Gasteiger partial charge is 0.361 e. The second-order valence-electron chi connectivity index (χ2n) is 6.46. The van der Waals surface area contributed by atoms with Gasteiger partial charge in [-0.3, -0.25) is 9.35 Å². The molecule has 0 aromatic heterocycles. The summed E-state index contributed by atoms with van der Waals surface area (Å²) in [6, 6.07) is 31.2. The number of rotatable bonds is 5. The monoisotopic (exact) mass is 432 g/mol. The summed E-state index contributed by atoms with van der Waals surface area (Å²) in [5.41, 5.74) is 1.75. The molecule has 1 N–H and O–H groups in total. The molecule has 0 saturated carbocycles. The van der Waals surface area contributed by atoms with E-state index in [4.69, 9.17) is 4.55 Å². The fourth-order valence-electron chi connectivity index (χ4n) is 2.82. The van der Waals surface area contributed by atoms with Crippen molar-refractivity contribution in [3.05, 3.63) is 120 Å². The first-order chi connectivity index (χ1) is 14.9. The van der Waals surface area contributed by atoms with Crippen molar-refractivity contribution < 1.29 is 21.9 Å². The van der Waals surface area contributed by atoms with Crippen molar-refractivity contribution in [2.24, 2.45) is 0 Å². The predicted molar refractivity (Wildman–Crippen MR) is 122 cm³/mol. The molecule has 0 radical (unpaired) electrons. The van der Waals surface area contributed by atoms with E-state index < -0.39 is 10.4 Å².